The van der Waals surface area contributed by atoms with Gasteiger partial charge in [-0.15, -0.1) is 11.3 Å². The number of amides is 2. The average molecular weight is 339 g/mol. The van der Waals surface area contributed by atoms with Crippen molar-refractivity contribution >= 4 is 34.8 Å². The van der Waals surface area contributed by atoms with Crippen molar-refractivity contribution in [2.24, 2.45) is 0 Å². The Morgan fingerprint density at radius 2 is 1.82 bits per heavy atom. The quantitative estimate of drug-likeness (QED) is 0.728. The van der Waals surface area contributed by atoms with E-state index in [0.717, 1.165) is 10.4 Å². The summed E-state index contributed by atoms with van der Waals surface area (Å²) in [5.74, 6) is -1.52. The predicted molar refractivity (Wildman–Crippen MR) is 85.6 cm³/mol. The number of aliphatic hydroxyl groups excluding tert-OH is 1. The van der Waals surface area contributed by atoms with Gasteiger partial charge in [0.15, 0.2) is 0 Å². The Bertz CT molecular complexity index is 629. The van der Waals surface area contributed by atoms with E-state index in [2.05, 4.69) is 10.6 Å². The molecule has 116 valence electrons. The van der Waals surface area contributed by atoms with Gasteiger partial charge in [0.1, 0.15) is 6.10 Å². The van der Waals surface area contributed by atoms with Crippen molar-refractivity contribution in [3.63, 3.8) is 0 Å². The molecule has 7 heteroatoms. The third-order valence-corrected chi connectivity index (χ3v) is 4.13. The van der Waals surface area contributed by atoms with Crippen molar-refractivity contribution in [1.82, 2.24) is 10.6 Å². The summed E-state index contributed by atoms with van der Waals surface area (Å²) in [4.78, 5) is 24.0. The second-order valence-corrected chi connectivity index (χ2v) is 5.97. The van der Waals surface area contributed by atoms with Gasteiger partial charge in [0, 0.05) is 23.0 Å². The van der Waals surface area contributed by atoms with E-state index >= 15 is 0 Å². The molecule has 22 heavy (non-hydrogen) atoms. The zero-order valence-corrected chi connectivity index (χ0v) is 13.2. The van der Waals surface area contributed by atoms with Crippen molar-refractivity contribution in [3.8, 4) is 0 Å². The van der Waals surface area contributed by atoms with Gasteiger partial charge in [-0.3, -0.25) is 9.59 Å². The molecule has 0 aliphatic heterocycles. The van der Waals surface area contributed by atoms with Crippen LogP contribution in [0.5, 0.6) is 0 Å². The third kappa shape index (κ3) is 4.84. The van der Waals surface area contributed by atoms with E-state index in [1.54, 1.807) is 30.3 Å². The highest BCUT2D eigenvalue weighted by Crippen LogP contribution is 2.17. The normalized spacial score (nSPS) is 11.7. The number of hydrogen-bond acceptors (Lipinski definition) is 4. The predicted octanol–water partition coefficient (Wildman–Crippen LogP) is 1.87. The number of thiophene rings is 1. The molecule has 0 saturated carbocycles. The van der Waals surface area contributed by atoms with Crippen LogP contribution in [0.1, 0.15) is 16.5 Å². The first-order valence-electron chi connectivity index (χ1n) is 6.58. The minimum atomic E-state index is -0.812. The lowest BCUT2D eigenvalue weighted by Gasteiger charge is -2.10. The molecule has 3 N–H and O–H groups in total. The number of halogens is 1. The van der Waals surface area contributed by atoms with Gasteiger partial charge >= 0.3 is 11.8 Å². The molecule has 1 aromatic carbocycles. The van der Waals surface area contributed by atoms with Gasteiger partial charge in [-0.2, -0.15) is 0 Å². The van der Waals surface area contributed by atoms with Crippen molar-refractivity contribution in [1.29, 1.82) is 0 Å². The Hall–Kier alpha value is -1.89. The molecule has 2 amide bonds. The maximum atomic E-state index is 11.7. The van der Waals surface area contributed by atoms with E-state index < -0.39 is 17.9 Å². The molecule has 0 spiro atoms. The highest BCUT2D eigenvalue weighted by atomic mass is 35.5. The molecule has 1 unspecified atom stereocenters. The zero-order chi connectivity index (χ0) is 15.9. The van der Waals surface area contributed by atoms with Crippen molar-refractivity contribution < 1.29 is 14.7 Å². The molecule has 2 rings (SSSR count). The van der Waals surface area contributed by atoms with Gasteiger partial charge in [0.2, 0.25) is 0 Å². The van der Waals surface area contributed by atoms with Crippen molar-refractivity contribution in [2.45, 2.75) is 12.6 Å². The minimum absolute atomic E-state index is 0.00624. The summed E-state index contributed by atoms with van der Waals surface area (Å²) >= 11 is 7.15. The molecular weight excluding hydrogens is 324 g/mol. The molecule has 1 aromatic heterocycles. The fourth-order valence-electron chi connectivity index (χ4n) is 1.72. The Balaban J connectivity index is 1.75. The highest BCUT2D eigenvalue weighted by molar-refractivity contribution is 7.10. The standard InChI is InChI=1S/C15H15ClN2O3S/c16-11-5-3-10(4-6-11)8-17-14(20)15(21)18-9-12(19)13-2-1-7-22-13/h1-7,12,19H,8-9H2,(H,17,20)(H,18,21). The number of carbonyl (C=O) groups is 2. The van der Waals surface area contributed by atoms with Crippen LogP contribution < -0.4 is 10.6 Å². The van der Waals surface area contributed by atoms with Gasteiger partial charge in [-0.1, -0.05) is 29.8 Å². The highest BCUT2D eigenvalue weighted by Gasteiger charge is 2.15. The first-order chi connectivity index (χ1) is 10.6. The largest absolute Gasteiger partial charge is 0.386 e. The van der Waals surface area contributed by atoms with Crippen molar-refractivity contribution in [3.05, 3.63) is 57.2 Å². The SMILES string of the molecule is O=C(NCc1ccc(Cl)cc1)C(=O)NCC(O)c1cccs1. The van der Waals surface area contributed by atoms with Crippen LogP contribution in [-0.2, 0) is 16.1 Å². The number of nitrogens with one attached hydrogen (secondary N) is 2. The Labute approximate surface area is 136 Å². The lowest BCUT2D eigenvalue weighted by Crippen LogP contribution is -2.41. The second-order valence-electron chi connectivity index (χ2n) is 4.55. The molecule has 0 saturated heterocycles. The lowest BCUT2D eigenvalue weighted by molar-refractivity contribution is -0.139. The summed E-state index contributed by atoms with van der Waals surface area (Å²) in [7, 11) is 0. The molecule has 0 aliphatic rings. The summed E-state index contributed by atoms with van der Waals surface area (Å²) in [5, 5.41) is 17.2. The number of aliphatic hydroxyl groups is 1. The molecule has 0 fully saturated rings. The summed E-state index contributed by atoms with van der Waals surface area (Å²) < 4.78 is 0. The first-order valence-corrected chi connectivity index (χ1v) is 7.84. The van der Waals surface area contributed by atoms with Crippen LogP contribution >= 0.6 is 22.9 Å². The summed E-state index contributed by atoms with van der Waals surface area (Å²) in [6.45, 7) is 0.227. The molecule has 5 nitrogen and oxygen atoms in total. The fourth-order valence-corrected chi connectivity index (χ4v) is 2.55. The Morgan fingerprint density at radius 1 is 1.14 bits per heavy atom. The Morgan fingerprint density at radius 3 is 2.45 bits per heavy atom. The average Bonchev–Trinajstić information content (AvgIpc) is 3.06. The summed E-state index contributed by atoms with van der Waals surface area (Å²) in [6.07, 6.45) is -0.812. The van der Waals surface area contributed by atoms with Crippen LogP contribution in [0.2, 0.25) is 5.02 Å². The number of hydrogen-bond donors (Lipinski definition) is 3. The van der Waals surface area contributed by atoms with Gasteiger partial charge in [-0.05, 0) is 29.1 Å². The minimum Gasteiger partial charge on any atom is -0.386 e. The van der Waals surface area contributed by atoms with Crippen LogP contribution in [0.25, 0.3) is 0 Å². The van der Waals surface area contributed by atoms with Crippen LogP contribution in [0.3, 0.4) is 0 Å². The Kier molecular flexibility index (Phi) is 5.94. The van der Waals surface area contributed by atoms with E-state index in [0.29, 0.717) is 5.02 Å². The first kappa shape index (κ1) is 16.5. The number of benzene rings is 1. The van der Waals surface area contributed by atoms with E-state index in [4.69, 9.17) is 11.6 Å². The lowest BCUT2D eigenvalue weighted by atomic mass is 10.2. The molecule has 0 aliphatic carbocycles. The summed E-state index contributed by atoms with van der Waals surface area (Å²) in [5.41, 5.74) is 0.837. The maximum absolute atomic E-state index is 11.7. The van der Waals surface area contributed by atoms with Gasteiger partial charge in [0.05, 0.1) is 0 Å². The van der Waals surface area contributed by atoms with Crippen LogP contribution in [-0.4, -0.2) is 23.5 Å². The van der Waals surface area contributed by atoms with Crippen LogP contribution in [0.4, 0.5) is 0 Å². The van der Waals surface area contributed by atoms with Gasteiger partial charge < -0.3 is 15.7 Å². The van der Waals surface area contributed by atoms with E-state index in [9.17, 15) is 14.7 Å². The van der Waals surface area contributed by atoms with Crippen LogP contribution in [0, 0.1) is 0 Å². The third-order valence-electron chi connectivity index (χ3n) is 2.90. The van der Waals surface area contributed by atoms with Crippen molar-refractivity contribution in [2.75, 3.05) is 6.54 Å². The summed E-state index contributed by atoms with van der Waals surface area (Å²) in [6, 6.07) is 10.5. The van der Waals surface area contributed by atoms with E-state index in [1.807, 2.05) is 11.4 Å². The smallest absolute Gasteiger partial charge is 0.309 e. The number of rotatable bonds is 5. The van der Waals surface area contributed by atoms with Gasteiger partial charge in [0.25, 0.3) is 0 Å². The molecule has 2 aromatic rings. The molecular formula is C15H15ClN2O3S. The zero-order valence-electron chi connectivity index (χ0n) is 11.6. The fraction of sp³-hybridized carbons (Fsp3) is 0.200. The van der Waals surface area contributed by atoms with E-state index in [-0.39, 0.29) is 13.1 Å². The monoisotopic (exact) mass is 338 g/mol. The van der Waals surface area contributed by atoms with E-state index in [1.165, 1.54) is 11.3 Å². The van der Waals surface area contributed by atoms with Crippen LogP contribution in [0.15, 0.2) is 41.8 Å². The van der Waals surface area contributed by atoms with Gasteiger partial charge in [-0.25, -0.2) is 0 Å². The number of carbonyl (C=O) groups excluding carboxylic acids is 2. The topological polar surface area (TPSA) is 78.4 Å². The maximum Gasteiger partial charge on any atom is 0.309 e. The molecule has 1 atom stereocenters. The molecule has 0 bridgehead atoms. The second kappa shape index (κ2) is 7.93. The molecule has 1 heterocycles. The molecule has 0 radical (unpaired) electrons.